The van der Waals surface area contributed by atoms with E-state index in [-0.39, 0.29) is 18.0 Å². The van der Waals surface area contributed by atoms with Crippen molar-refractivity contribution in [1.82, 2.24) is 5.32 Å². The number of amides is 1. The Morgan fingerprint density at radius 2 is 2.10 bits per heavy atom. The van der Waals surface area contributed by atoms with Crippen molar-refractivity contribution < 1.29 is 23.5 Å². The van der Waals surface area contributed by atoms with Crippen molar-refractivity contribution >= 4 is 11.9 Å². The van der Waals surface area contributed by atoms with Gasteiger partial charge in [0.2, 0.25) is 0 Å². The van der Waals surface area contributed by atoms with E-state index in [0.717, 1.165) is 6.07 Å². The summed E-state index contributed by atoms with van der Waals surface area (Å²) in [6, 6.07) is 3.72. The van der Waals surface area contributed by atoms with Gasteiger partial charge in [0.25, 0.3) is 5.91 Å². The van der Waals surface area contributed by atoms with Crippen LogP contribution in [0.2, 0.25) is 0 Å². The fourth-order valence-corrected chi connectivity index (χ4v) is 1.62. The highest BCUT2D eigenvalue weighted by atomic mass is 19.1. The summed E-state index contributed by atoms with van der Waals surface area (Å²) in [5.41, 5.74) is 0.128. The fraction of sp³-hybridized carbons (Fsp3) is 0.429. The Bertz CT molecular complexity index is 476. The number of hydrogen-bond acceptors (Lipinski definition) is 4. The summed E-state index contributed by atoms with van der Waals surface area (Å²) in [5.74, 6) is -0.952. The highest BCUT2D eigenvalue weighted by Gasteiger charge is 2.13. The van der Waals surface area contributed by atoms with E-state index >= 15 is 0 Å². The van der Waals surface area contributed by atoms with Gasteiger partial charge in [-0.05, 0) is 31.5 Å². The van der Waals surface area contributed by atoms with Gasteiger partial charge < -0.3 is 14.8 Å². The van der Waals surface area contributed by atoms with Crippen molar-refractivity contribution in [2.75, 3.05) is 20.3 Å². The maximum atomic E-state index is 13.1. The van der Waals surface area contributed by atoms with Crippen molar-refractivity contribution in [2.24, 2.45) is 0 Å². The summed E-state index contributed by atoms with van der Waals surface area (Å²) in [4.78, 5) is 23.0. The maximum Gasteiger partial charge on any atom is 0.305 e. The minimum absolute atomic E-state index is 0.128. The van der Waals surface area contributed by atoms with E-state index in [1.807, 2.05) is 0 Å². The molecule has 1 rings (SSSR count). The molecule has 0 aliphatic carbocycles. The molecule has 0 aliphatic heterocycles. The number of rotatable bonds is 7. The first-order valence-corrected chi connectivity index (χ1v) is 6.35. The predicted molar refractivity (Wildman–Crippen MR) is 71.2 cm³/mol. The highest BCUT2D eigenvalue weighted by Crippen LogP contribution is 2.18. The third-order valence-corrected chi connectivity index (χ3v) is 2.55. The molecule has 0 atom stereocenters. The van der Waals surface area contributed by atoms with Crippen molar-refractivity contribution in [3.05, 3.63) is 29.6 Å². The molecule has 1 aromatic rings. The fourth-order valence-electron chi connectivity index (χ4n) is 1.62. The van der Waals surface area contributed by atoms with Crippen molar-refractivity contribution in [2.45, 2.75) is 19.8 Å². The molecule has 1 N–H and O–H groups in total. The first-order chi connectivity index (χ1) is 9.58. The second-order valence-corrected chi connectivity index (χ2v) is 4.01. The number of ether oxygens (including phenoxy) is 2. The zero-order valence-corrected chi connectivity index (χ0v) is 11.6. The van der Waals surface area contributed by atoms with Crippen LogP contribution in [0.5, 0.6) is 5.75 Å². The van der Waals surface area contributed by atoms with E-state index in [2.05, 4.69) is 5.32 Å². The molecule has 0 saturated heterocycles. The van der Waals surface area contributed by atoms with Gasteiger partial charge in [-0.2, -0.15) is 0 Å². The highest BCUT2D eigenvalue weighted by molar-refractivity contribution is 5.96. The number of methoxy groups -OCH3 is 1. The molecule has 0 spiro atoms. The third kappa shape index (κ3) is 4.87. The first kappa shape index (κ1) is 15.9. The molecule has 0 bridgehead atoms. The molecule has 0 unspecified atom stereocenters. The molecular weight excluding hydrogens is 265 g/mol. The van der Waals surface area contributed by atoms with Crippen LogP contribution in [0, 0.1) is 5.82 Å². The molecule has 0 fully saturated rings. The largest absolute Gasteiger partial charge is 0.496 e. The molecule has 5 nitrogen and oxygen atoms in total. The van der Waals surface area contributed by atoms with Crippen LogP contribution in [0.15, 0.2) is 18.2 Å². The van der Waals surface area contributed by atoms with Crippen molar-refractivity contribution in [1.29, 1.82) is 0 Å². The van der Waals surface area contributed by atoms with Gasteiger partial charge in [0.1, 0.15) is 11.6 Å². The van der Waals surface area contributed by atoms with Crippen LogP contribution in [0.1, 0.15) is 30.1 Å². The number of carbonyl (C=O) groups is 2. The summed E-state index contributed by atoms with van der Waals surface area (Å²) in [6.45, 7) is 2.37. The Kier molecular flexibility index (Phi) is 6.49. The van der Waals surface area contributed by atoms with E-state index in [9.17, 15) is 14.0 Å². The molecule has 0 heterocycles. The summed E-state index contributed by atoms with van der Waals surface area (Å²) >= 11 is 0. The Hall–Kier alpha value is -2.11. The number of esters is 1. The number of nitrogens with one attached hydrogen (secondary N) is 1. The van der Waals surface area contributed by atoms with Crippen molar-refractivity contribution in [3.63, 3.8) is 0 Å². The zero-order chi connectivity index (χ0) is 15.0. The zero-order valence-electron chi connectivity index (χ0n) is 11.6. The van der Waals surface area contributed by atoms with Gasteiger partial charge in [-0.1, -0.05) is 0 Å². The van der Waals surface area contributed by atoms with Gasteiger partial charge in [0.15, 0.2) is 0 Å². The lowest BCUT2D eigenvalue weighted by atomic mass is 10.1. The van der Waals surface area contributed by atoms with Gasteiger partial charge in [-0.15, -0.1) is 0 Å². The Labute approximate surface area is 117 Å². The molecule has 6 heteroatoms. The van der Waals surface area contributed by atoms with Gasteiger partial charge in [0.05, 0.1) is 19.3 Å². The van der Waals surface area contributed by atoms with Crippen LogP contribution >= 0.6 is 0 Å². The van der Waals surface area contributed by atoms with E-state index in [0.29, 0.717) is 25.3 Å². The third-order valence-electron chi connectivity index (χ3n) is 2.55. The second-order valence-electron chi connectivity index (χ2n) is 4.01. The average Bonchev–Trinajstić information content (AvgIpc) is 2.43. The maximum absolute atomic E-state index is 13.1. The molecule has 110 valence electrons. The monoisotopic (exact) mass is 283 g/mol. The lowest BCUT2D eigenvalue weighted by Crippen LogP contribution is -2.25. The minimum atomic E-state index is -0.512. The van der Waals surface area contributed by atoms with Crippen LogP contribution in [-0.2, 0) is 9.53 Å². The summed E-state index contributed by atoms with van der Waals surface area (Å²) < 4.78 is 22.9. The summed E-state index contributed by atoms with van der Waals surface area (Å²) in [7, 11) is 1.41. The van der Waals surface area contributed by atoms with Crippen LogP contribution in [0.4, 0.5) is 4.39 Å². The molecule has 0 aromatic heterocycles. The molecule has 0 aliphatic rings. The van der Waals surface area contributed by atoms with E-state index < -0.39 is 11.7 Å². The van der Waals surface area contributed by atoms with Gasteiger partial charge in [0, 0.05) is 13.0 Å². The number of halogens is 1. The SMILES string of the molecule is CCOC(=O)CCCNC(=O)c1cc(F)ccc1OC. The molecule has 1 amide bonds. The molecule has 0 saturated carbocycles. The quantitative estimate of drug-likeness (QED) is 0.613. The Morgan fingerprint density at radius 3 is 2.75 bits per heavy atom. The molecular formula is C14H18FNO4. The molecule has 20 heavy (non-hydrogen) atoms. The normalized spacial score (nSPS) is 9.95. The standard InChI is InChI=1S/C14H18FNO4/c1-3-20-13(17)5-4-8-16-14(18)11-9-10(15)6-7-12(11)19-2/h6-7,9H,3-5,8H2,1-2H3,(H,16,18). The van der Waals surface area contributed by atoms with Crippen LogP contribution in [0.25, 0.3) is 0 Å². The van der Waals surface area contributed by atoms with Gasteiger partial charge in [-0.25, -0.2) is 4.39 Å². The average molecular weight is 283 g/mol. The van der Waals surface area contributed by atoms with Crippen molar-refractivity contribution in [3.8, 4) is 5.75 Å². The first-order valence-electron chi connectivity index (χ1n) is 6.35. The Balaban J connectivity index is 2.47. The lowest BCUT2D eigenvalue weighted by molar-refractivity contribution is -0.143. The van der Waals surface area contributed by atoms with Crippen LogP contribution < -0.4 is 10.1 Å². The smallest absolute Gasteiger partial charge is 0.305 e. The van der Waals surface area contributed by atoms with E-state index in [1.54, 1.807) is 6.92 Å². The van der Waals surface area contributed by atoms with E-state index in [1.165, 1.54) is 19.2 Å². The van der Waals surface area contributed by atoms with E-state index in [4.69, 9.17) is 9.47 Å². The summed E-state index contributed by atoms with van der Waals surface area (Å²) in [5, 5.41) is 2.60. The summed E-state index contributed by atoms with van der Waals surface area (Å²) in [6.07, 6.45) is 0.691. The van der Waals surface area contributed by atoms with Crippen LogP contribution in [-0.4, -0.2) is 32.1 Å². The topological polar surface area (TPSA) is 64.6 Å². The minimum Gasteiger partial charge on any atom is -0.496 e. The number of benzene rings is 1. The Morgan fingerprint density at radius 1 is 1.35 bits per heavy atom. The van der Waals surface area contributed by atoms with Crippen LogP contribution in [0.3, 0.4) is 0 Å². The second kappa shape index (κ2) is 8.14. The predicted octanol–water partition coefficient (Wildman–Crippen LogP) is 1.91. The number of hydrogen-bond donors (Lipinski definition) is 1. The molecule has 1 aromatic carbocycles. The van der Waals surface area contributed by atoms with Gasteiger partial charge in [-0.3, -0.25) is 9.59 Å². The number of carbonyl (C=O) groups excluding carboxylic acids is 2. The lowest BCUT2D eigenvalue weighted by Gasteiger charge is -2.09. The molecule has 0 radical (unpaired) electrons. The van der Waals surface area contributed by atoms with Gasteiger partial charge >= 0.3 is 5.97 Å².